The Morgan fingerprint density at radius 1 is 1.15 bits per heavy atom. The number of nitrogens with one attached hydrogen (secondary N) is 3. The number of rotatable bonds is 8. The van der Waals surface area contributed by atoms with Gasteiger partial charge >= 0.3 is 12.0 Å². The molecule has 1 fully saturated rings. The molecule has 0 radical (unpaired) electrons. The highest BCUT2D eigenvalue weighted by atomic mass is 32.2. The summed E-state index contributed by atoms with van der Waals surface area (Å²) in [5, 5.41) is 13.6. The van der Waals surface area contributed by atoms with Crippen LogP contribution in [0.15, 0.2) is 40.1 Å². The largest absolute Gasteiger partial charge is 0.481 e. The highest BCUT2D eigenvalue weighted by molar-refractivity contribution is 7.93. The molecule has 4 N–H and O–H groups in total. The number of aliphatic carboxylic acids is 1. The van der Waals surface area contributed by atoms with Gasteiger partial charge in [0.25, 0.3) is 9.84 Å². The molecule has 0 bridgehead atoms. The van der Waals surface area contributed by atoms with Crippen molar-refractivity contribution in [3.8, 4) is 0 Å². The first kappa shape index (κ1) is 23.5. The molecule has 0 atom stereocenters. The predicted octanol–water partition coefficient (Wildman–Crippen LogP) is 2.74. The van der Waals surface area contributed by atoms with Crippen molar-refractivity contribution in [2.45, 2.75) is 41.5 Å². The summed E-state index contributed by atoms with van der Waals surface area (Å²) in [6.45, 7) is 0. The molecule has 34 heavy (non-hydrogen) atoms. The lowest BCUT2D eigenvalue weighted by molar-refractivity contribution is -0.136. The number of urea groups is 1. The number of imidazole rings is 1. The number of sulfone groups is 1. The number of amides is 2. The average Bonchev–Trinajstić information content (AvgIpc) is 3.55. The summed E-state index contributed by atoms with van der Waals surface area (Å²) in [4.78, 5) is 50.6. The fourth-order valence-electron chi connectivity index (χ4n) is 3.64. The third-order valence-corrected chi connectivity index (χ3v) is 8.34. The number of ketones is 1. The van der Waals surface area contributed by atoms with Crippen LogP contribution in [0, 0.1) is 5.92 Å². The summed E-state index contributed by atoms with van der Waals surface area (Å²) in [6.07, 6.45) is 6.98. The van der Waals surface area contributed by atoms with Crippen LogP contribution >= 0.6 is 11.3 Å². The van der Waals surface area contributed by atoms with Gasteiger partial charge in [0.05, 0.1) is 12.1 Å². The molecule has 0 saturated heterocycles. The van der Waals surface area contributed by atoms with E-state index in [1.54, 1.807) is 0 Å². The van der Waals surface area contributed by atoms with Crippen molar-refractivity contribution in [2.75, 3.05) is 10.6 Å². The van der Waals surface area contributed by atoms with Crippen LogP contribution in [-0.2, 0) is 21.1 Å². The van der Waals surface area contributed by atoms with Gasteiger partial charge in [0, 0.05) is 30.2 Å². The number of thiazole rings is 1. The van der Waals surface area contributed by atoms with Gasteiger partial charge in [-0.2, -0.15) is 0 Å². The topological polar surface area (TPSA) is 184 Å². The highest BCUT2D eigenvalue weighted by Crippen LogP contribution is 2.32. The van der Waals surface area contributed by atoms with Crippen molar-refractivity contribution in [2.24, 2.45) is 5.92 Å². The van der Waals surface area contributed by atoms with Crippen molar-refractivity contribution in [3.63, 3.8) is 0 Å². The van der Waals surface area contributed by atoms with E-state index in [0.717, 1.165) is 25.7 Å². The smallest absolute Gasteiger partial charge is 0.325 e. The highest BCUT2D eigenvalue weighted by Gasteiger charge is 2.30. The fourth-order valence-corrected chi connectivity index (χ4v) is 6.29. The molecule has 3 aromatic rings. The zero-order chi connectivity index (χ0) is 24.3. The quantitative estimate of drug-likeness (QED) is 0.335. The molecule has 0 aliphatic heterocycles. The Morgan fingerprint density at radius 2 is 1.91 bits per heavy atom. The van der Waals surface area contributed by atoms with Crippen LogP contribution in [0.25, 0.3) is 0 Å². The van der Waals surface area contributed by atoms with Crippen LogP contribution in [0.3, 0.4) is 0 Å². The summed E-state index contributed by atoms with van der Waals surface area (Å²) < 4.78 is 25.3. The number of anilines is 2. The van der Waals surface area contributed by atoms with E-state index < -0.39 is 28.3 Å². The van der Waals surface area contributed by atoms with Crippen molar-refractivity contribution in [1.82, 2.24) is 19.9 Å². The first-order valence-electron chi connectivity index (χ1n) is 10.3. The van der Waals surface area contributed by atoms with Crippen LogP contribution in [0.1, 0.15) is 41.9 Å². The summed E-state index contributed by atoms with van der Waals surface area (Å²) in [5.41, 5.74) is 0.353. The summed E-state index contributed by atoms with van der Waals surface area (Å²) in [7, 11) is -4.16. The van der Waals surface area contributed by atoms with E-state index in [9.17, 15) is 22.8 Å². The number of carbonyl (C=O) groups excluding carboxylic acids is 2. The number of carboxylic acid groups (broad SMARTS) is 1. The van der Waals surface area contributed by atoms with Crippen molar-refractivity contribution < 1.29 is 27.9 Å². The Kier molecular flexibility index (Phi) is 6.70. The number of nitrogens with zero attached hydrogens (tertiary/aromatic N) is 3. The Hall–Kier alpha value is -3.65. The second-order valence-electron chi connectivity index (χ2n) is 7.58. The van der Waals surface area contributed by atoms with E-state index in [0.29, 0.717) is 17.0 Å². The minimum atomic E-state index is -4.16. The molecule has 0 aromatic carbocycles. The van der Waals surface area contributed by atoms with E-state index in [1.807, 2.05) is 0 Å². The monoisotopic (exact) mass is 504 g/mol. The lowest BCUT2D eigenvalue weighted by Gasteiger charge is -2.09. The first-order chi connectivity index (χ1) is 16.2. The molecule has 3 heterocycles. The minimum absolute atomic E-state index is 0.0610. The lowest BCUT2D eigenvalue weighted by atomic mass is 9.99. The van der Waals surface area contributed by atoms with Crippen LogP contribution < -0.4 is 10.6 Å². The Morgan fingerprint density at radius 3 is 2.59 bits per heavy atom. The number of aromatic nitrogens is 4. The summed E-state index contributed by atoms with van der Waals surface area (Å²) in [6, 6.07) is 2.24. The SMILES string of the molecule is O=C(O)Cc1nc(NC(=O)Nc2ccnc(C(=O)C3CCCC3)c2)sc1S(=O)(=O)c1ncc[nH]1. The molecule has 2 amide bonds. The number of hydrogen-bond acceptors (Lipinski definition) is 9. The average molecular weight is 505 g/mol. The zero-order valence-corrected chi connectivity index (χ0v) is 19.3. The number of pyridine rings is 1. The molecular weight excluding hydrogens is 484 g/mol. The van der Waals surface area contributed by atoms with Gasteiger partial charge in [0.2, 0.25) is 5.16 Å². The van der Waals surface area contributed by atoms with Gasteiger partial charge < -0.3 is 15.4 Å². The standard InChI is InChI=1S/C20H20N6O6S2/c27-15(28)10-14-17(34(31,32)20-22-7-8-23-20)33-19(25-14)26-18(30)24-12-5-6-21-13(9-12)16(29)11-3-1-2-4-11/h5-9,11H,1-4,10H2,(H,22,23)(H,27,28)(H2,21,24,25,26,30). The summed E-state index contributed by atoms with van der Waals surface area (Å²) >= 11 is 0.610. The number of hydrogen-bond donors (Lipinski definition) is 4. The maximum Gasteiger partial charge on any atom is 0.325 e. The van der Waals surface area contributed by atoms with Gasteiger partial charge in [0.1, 0.15) is 5.69 Å². The van der Waals surface area contributed by atoms with E-state index in [2.05, 4.69) is 30.6 Å². The molecule has 14 heteroatoms. The summed E-state index contributed by atoms with van der Waals surface area (Å²) in [5.74, 6) is -1.41. The normalized spacial score (nSPS) is 14.1. The van der Waals surface area contributed by atoms with Crippen LogP contribution in [0.5, 0.6) is 0 Å². The van der Waals surface area contributed by atoms with Gasteiger partial charge in [0.15, 0.2) is 15.1 Å². The van der Waals surface area contributed by atoms with Gasteiger partial charge in [-0.15, -0.1) is 0 Å². The van der Waals surface area contributed by atoms with Crippen LogP contribution in [-0.4, -0.2) is 51.2 Å². The maximum absolute atomic E-state index is 12.8. The molecule has 1 aliphatic rings. The van der Waals surface area contributed by atoms with Crippen LogP contribution in [0.2, 0.25) is 0 Å². The van der Waals surface area contributed by atoms with E-state index in [-0.39, 0.29) is 37.6 Å². The molecule has 4 rings (SSSR count). The Bertz CT molecular complexity index is 1330. The number of carbonyl (C=O) groups is 3. The molecular formula is C20H20N6O6S2. The Labute approximate surface area is 197 Å². The number of Topliss-reactive ketones (excluding diaryl/α,β-unsaturated/α-hetero) is 1. The minimum Gasteiger partial charge on any atom is -0.481 e. The van der Waals surface area contributed by atoms with Crippen LogP contribution in [0.4, 0.5) is 15.6 Å². The van der Waals surface area contributed by atoms with Crippen molar-refractivity contribution in [1.29, 1.82) is 0 Å². The second-order valence-corrected chi connectivity index (χ2v) is 10.6. The molecule has 178 valence electrons. The van der Waals surface area contributed by atoms with Gasteiger partial charge in [-0.05, 0) is 25.0 Å². The molecule has 1 aliphatic carbocycles. The third-order valence-electron chi connectivity index (χ3n) is 5.17. The van der Waals surface area contributed by atoms with Crippen molar-refractivity contribution >= 4 is 49.8 Å². The molecule has 0 spiro atoms. The fraction of sp³-hybridized carbons (Fsp3) is 0.300. The molecule has 3 aromatic heterocycles. The van der Waals surface area contributed by atoms with Gasteiger partial charge in [-0.25, -0.2) is 23.2 Å². The second kappa shape index (κ2) is 9.69. The predicted molar refractivity (Wildman–Crippen MR) is 121 cm³/mol. The van der Waals surface area contributed by atoms with E-state index >= 15 is 0 Å². The van der Waals surface area contributed by atoms with E-state index in [4.69, 9.17) is 5.11 Å². The molecule has 12 nitrogen and oxygen atoms in total. The van der Waals surface area contributed by atoms with Gasteiger partial charge in [-0.1, -0.05) is 24.2 Å². The first-order valence-corrected chi connectivity index (χ1v) is 12.6. The van der Waals surface area contributed by atoms with Gasteiger partial charge in [-0.3, -0.25) is 19.9 Å². The zero-order valence-electron chi connectivity index (χ0n) is 17.6. The third kappa shape index (κ3) is 5.12. The Balaban J connectivity index is 1.51. The van der Waals surface area contributed by atoms with E-state index in [1.165, 1.54) is 30.7 Å². The molecule has 1 saturated carbocycles. The lowest BCUT2D eigenvalue weighted by Crippen LogP contribution is -2.20. The number of aromatic amines is 1. The maximum atomic E-state index is 12.8. The molecule has 0 unspecified atom stereocenters. The number of H-pyrrole nitrogens is 1. The number of carboxylic acids is 1. The van der Waals surface area contributed by atoms with Crippen molar-refractivity contribution in [3.05, 3.63) is 42.1 Å².